The Balaban J connectivity index is 1.32. The van der Waals surface area contributed by atoms with Crippen molar-refractivity contribution in [3.63, 3.8) is 0 Å². The van der Waals surface area contributed by atoms with Crippen LogP contribution in [0, 0.1) is 30.6 Å². The molecule has 1 spiro atoms. The molecule has 3 heterocycles. The van der Waals surface area contributed by atoms with E-state index in [1.165, 1.54) is 0 Å². The van der Waals surface area contributed by atoms with Crippen LogP contribution in [0.1, 0.15) is 44.2 Å². The summed E-state index contributed by atoms with van der Waals surface area (Å²) in [6.07, 6.45) is 6.15. The van der Waals surface area contributed by atoms with Gasteiger partial charge in [-0.15, -0.1) is 0 Å². The fourth-order valence-electron chi connectivity index (χ4n) is 7.17. The Bertz CT molecular complexity index is 1410. The highest BCUT2D eigenvalue weighted by Gasteiger charge is 2.72. The lowest BCUT2D eigenvalue weighted by Crippen LogP contribution is -2.57. The summed E-state index contributed by atoms with van der Waals surface area (Å²) in [5.74, 6) is -1.63. The predicted molar refractivity (Wildman–Crippen MR) is 158 cm³/mol. The second-order valence-corrected chi connectivity index (χ2v) is 13.0. The number of anilines is 1. The maximum Gasteiger partial charge on any atom is 0.246 e. The van der Waals surface area contributed by atoms with E-state index in [9.17, 15) is 14.4 Å². The van der Waals surface area contributed by atoms with E-state index in [-0.39, 0.29) is 30.3 Å². The number of likely N-dealkylation sites (tertiary alicyclic amines) is 1. The van der Waals surface area contributed by atoms with Gasteiger partial charge in [-0.25, -0.2) is 0 Å². The van der Waals surface area contributed by atoms with Crippen molar-refractivity contribution in [3.8, 4) is 0 Å². The molecule has 2 N–H and O–H groups in total. The fraction of sp³-hybridized carbons (Fsp3) is 0.469. The summed E-state index contributed by atoms with van der Waals surface area (Å²) in [5, 5.41) is 7.35. The molecule has 3 fully saturated rings. The SMILES string of the molecule is Cc1ccc(NC(=O)[C@H]2[C@H]3C=C[C@@]4(O3)[C@H]2C(=O)N(Cc2ccc(Cl)cc2)[C@@H]4C(=O)N[C@@H]2CCC[C@@H](C)[C@@H]2C)cc1Cl. The van der Waals surface area contributed by atoms with Crippen LogP contribution in [-0.2, 0) is 25.7 Å². The highest BCUT2D eigenvalue weighted by molar-refractivity contribution is 6.31. The first kappa shape index (κ1) is 28.3. The molecule has 2 aromatic carbocycles. The second-order valence-electron chi connectivity index (χ2n) is 12.1. The number of rotatable bonds is 6. The second kappa shape index (κ2) is 10.8. The first-order valence-corrected chi connectivity index (χ1v) is 15.1. The lowest BCUT2D eigenvalue weighted by molar-refractivity contribution is -0.142. The zero-order valence-electron chi connectivity index (χ0n) is 23.4. The molecule has 1 saturated carbocycles. The molecule has 7 nitrogen and oxygen atoms in total. The number of carbonyl (C=O) groups excluding carboxylic acids is 3. The number of carbonyl (C=O) groups is 3. The van der Waals surface area contributed by atoms with Crippen molar-refractivity contribution >= 4 is 46.6 Å². The third kappa shape index (κ3) is 4.86. The molecule has 2 aromatic rings. The summed E-state index contributed by atoms with van der Waals surface area (Å²) in [6, 6.07) is 11.6. The van der Waals surface area contributed by atoms with E-state index in [1.54, 1.807) is 29.2 Å². The molecule has 6 rings (SSSR count). The van der Waals surface area contributed by atoms with Crippen molar-refractivity contribution in [2.45, 2.75) is 70.4 Å². The first-order chi connectivity index (χ1) is 19.6. The lowest BCUT2D eigenvalue weighted by Gasteiger charge is -2.38. The zero-order chi connectivity index (χ0) is 29.1. The van der Waals surface area contributed by atoms with E-state index in [0.717, 1.165) is 30.4 Å². The smallest absolute Gasteiger partial charge is 0.246 e. The van der Waals surface area contributed by atoms with E-state index in [2.05, 4.69) is 24.5 Å². The normalized spacial score (nSPS) is 33.6. The zero-order valence-corrected chi connectivity index (χ0v) is 24.9. The highest BCUT2D eigenvalue weighted by atomic mass is 35.5. The summed E-state index contributed by atoms with van der Waals surface area (Å²) in [4.78, 5) is 43.7. The van der Waals surface area contributed by atoms with E-state index >= 15 is 0 Å². The standard InChI is InChI=1S/C32H35Cl2N3O4/c1-17-5-4-6-24(19(17)3)36-30(39)28-32-14-13-25(41-32)26(29(38)35-22-12-7-18(2)23(34)15-22)27(32)31(40)37(28)16-20-8-10-21(33)11-9-20/h7-15,17,19,24-28H,4-6,16H2,1-3H3,(H,35,38)(H,36,39)/t17-,19+,24-,25-,26+,27-,28-,32-/m1/s1. The molecular weight excluding hydrogens is 561 g/mol. The van der Waals surface area contributed by atoms with Crippen LogP contribution in [0.15, 0.2) is 54.6 Å². The molecule has 8 atom stereocenters. The third-order valence-electron chi connectivity index (χ3n) is 9.67. The molecule has 0 radical (unpaired) electrons. The molecule has 3 aliphatic heterocycles. The first-order valence-electron chi connectivity index (χ1n) is 14.4. The molecule has 9 heteroatoms. The van der Waals surface area contributed by atoms with Crippen molar-refractivity contribution in [1.82, 2.24) is 10.2 Å². The minimum atomic E-state index is -1.23. The van der Waals surface area contributed by atoms with Gasteiger partial charge in [0, 0.05) is 28.3 Å². The van der Waals surface area contributed by atoms with Crippen LogP contribution in [-0.4, -0.2) is 46.4 Å². The fourth-order valence-corrected chi connectivity index (χ4v) is 7.47. The number of nitrogens with zero attached hydrogens (tertiary/aromatic N) is 1. The molecule has 0 unspecified atom stereocenters. The van der Waals surface area contributed by atoms with Gasteiger partial charge in [0.1, 0.15) is 11.6 Å². The Hall–Kier alpha value is -2.87. The number of fused-ring (bicyclic) bond motifs is 1. The van der Waals surface area contributed by atoms with E-state index in [1.807, 2.05) is 37.3 Å². The summed E-state index contributed by atoms with van der Waals surface area (Å²) in [6.45, 7) is 6.49. The van der Waals surface area contributed by atoms with Crippen molar-refractivity contribution in [3.05, 3.63) is 75.8 Å². The number of ether oxygens (including phenoxy) is 1. The van der Waals surface area contributed by atoms with Gasteiger partial charge in [-0.3, -0.25) is 14.4 Å². The van der Waals surface area contributed by atoms with E-state index in [0.29, 0.717) is 27.6 Å². The van der Waals surface area contributed by atoms with Gasteiger partial charge in [0.15, 0.2) is 0 Å². The predicted octanol–water partition coefficient (Wildman–Crippen LogP) is 5.53. The van der Waals surface area contributed by atoms with Gasteiger partial charge in [0.25, 0.3) is 0 Å². The number of benzene rings is 2. The quantitative estimate of drug-likeness (QED) is 0.430. The van der Waals surface area contributed by atoms with Crippen LogP contribution < -0.4 is 10.6 Å². The molecule has 4 aliphatic rings. The molecule has 0 aromatic heterocycles. The van der Waals surface area contributed by atoms with Gasteiger partial charge in [0.2, 0.25) is 17.7 Å². The van der Waals surface area contributed by atoms with Crippen molar-refractivity contribution in [2.75, 3.05) is 5.32 Å². The van der Waals surface area contributed by atoms with Crippen LogP contribution in [0.3, 0.4) is 0 Å². The van der Waals surface area contributed by atoms with Gasteiger partial charge in [0.05, 0.1) is 17.9 Å². The molecule has 1 aliphatic carbocycles. The molecule has 41 heavy (non-hydrogen) atoms. The molecule has 216 valence electrons. The third-order valence-corrected chi connectivity index (χ3v) is 10.3. The monoisotopic (exact) mass is 595 g/mol. The highest BCUT2D eigenvalue weighted by Crippen LogP contribution is 2.55. The van der Waals surface area contributed by atoms with Gasteiger partial charge < -0.3 is 20.3 Å². The molecule has 2 bridgehead atoms. The maximum absolute atomic E-state index is 14.2. The Labute approximate surface area is 250 Å². The Morgan fingerprint density at radius 2 is 1.83 bits per heavy atom. The number of amides is 3. The van der Waals surface area contributed by atoms with Gasteiger partial charge in [-0.2, -0.15) is 0 Å². The molecular formula is C32H35Cl2N3O4. The Morgan fingerprint density at radius 3 is 2.56 bits per heavy atom. The topological polar surface area (TPSA) is 87.7 Å². The summed E-state index contributed by atoms with van der Waals surface area (Å²) < 4.78 is 6.48. The van der Waals surface area contributed by atoms with Crippen LogP contribution in [0.4, 0.5) is 5.69 Å². The average molecular weight is 597 g/mol. The number of aryl methyl sites for hydroxylation is 1. The van der Waals surface area contributed by atoms with Gasteiger partial charge in [-0.05, 0) is 60.6 Å². The summed E-state index contributed by atoms with van der Waals surface area (Å²) in [5.41, 5.74) is 1.05. The van der Waals surface area contributed by atoms with E-state index < -0.39 is 29.6 Å². The van der Waals surface area contributed by atoms with E-state index in [4.69, 9.17) is 27.9 Å². The van der Waals surface area contributed by atoms with Crippen molar-refractivity contribution < 1.29 is 19.1 Å². The lowest BCUT2D eigenvalue weighted by atomic mass is 9.73. The summed E-state index contributed by atoms with van der Waals surface area (Å²) in [7, 11) is 0. The van der Waals surface area contributed by atoms with Crippen molar-refractivity contribution in [1.29, 1.82) is 0 Å². The number of halogens is 2. The van der Waals surface area contributed by atoms with Crippen molar-refractivity contribution in [2.24, 2.45) is 23.7 Å². The molecule has 3 amide bonds. The maximum atomic E-state index is 14.2. The summed E-state index contributed by atoms with van der Waals surface area (Å²) >= 11 is 12.4. The van der Waals surface area contributed by atoms with Crippen LogP contribution >= 0.6 is 23.2 Å². The largest absolute Gasteiger partial charge is 0.359 e. The minimum absolute atomic E-state index is 0.0159. The van der Waals surface area contributed by atoms with Crippen LogP contribution in [0.5, 0.6) is 0 Å². The number of hydrogen-bond acceptors (Lipinski definition) is 4. The number of nitrogens with one attached hydrogen (secondary N) is 2. The van der Waals surface area contributed by atoms with Gasteiger partial charge >= 0.3 is 0 Å². The van der Waals surface area contributed by atoms with Crippen LogP contribution in [0.25, 0.3) is 0 Å². The van der Waals surface area contributed by atoms with Gasteiger partial charge in [-0.1, -0.05) is 80.2 Å². The minimum Gasteiger partial charge on any atom is -0.359 e. The Morgan fingerprint density at radius 1 is 1.07 bits per heavy atom. The molecule has 2 saturated heterocycles. The van der Waals surface area contributed by atoms with Crippen LogP contribution in [0.2, 0.25) is 10.0 Å². The average Bonchev–Trinajstić information content (AvgIpc) is 3.58. The Kier molecular flexibility index (Phi) is 7.41. The number of hydrogen-bond donors (Lipinski definition) is 2.